The maximum Gasteiger partial charge on any atom is 0.275 e. The highest BCUT2D eigenvalue weighted by Crippen LogP contribution is 2.14. The van der Waals surface area contributed by atoms with Crippen LogP contribution in [0.15, 0.2) is 18.2 Å². The molecular weight excluding hydrogens is 223 g/mol. The highest BCUT2D eigenvalue weighted by molar-refractivity contribution is 6.02. The fourth-order valence-electron chi connectivity index (χ4n) is 1.31. The van der Waals surface area contributed by atoms with Crippen molar-refractivity contribution < 1.29 is 9.18 Å². The summed E-state index contributed by atoms with van der Waals surface area (Å²) in [5.41, 5.74) is 1.73. The summed E-state index contributed by atoms with van der Waals surface area (Å²) in [6, 6.07) is 4.05. The summed E-state index contributed by atoms with van der Waals surface area (Å²) in [7, 11) is 0. The van der Waals surface area contributed by atoms with E-state index in [2.05, 4.69) is 20.5 Å². The molecule has 88 valence electrons. The van der Waals surface area contributed by atoms with Gasteiger partial charge < -0.3 is 5.32 Å². The second-order valence-corrected chi connectivity index (χ2v) is 3.62. The third-order valence-corrected chi connectivity index (χ3v) is 2.43. The second-order valence-electron chi connectivity index (χ2n) is 3.62. The number of carbonyl (C=O) groups is 1. The summed E-state index contributed by atoms with van der Waals surface area (Å²) in [5, 5.41) is 9.23. The topological polar surface area (TPSA) is 70.7 Å². The number of aromatic amines is 1. The molecule has 6 heteroatoms. The molecule has 0 radical (unpaired) electrons. The predicted octanol–water partition coefficient (Wildman–Crippen LogP) is 1.81. The van der Waals surface area contributed by atoms with Crippen molar-refractivity contribution in [3.8, 4) is 0 Å². The summed E-state index contributed by atoms with van der Waals surface area (Å²) in [4.78, 5) is 15.2. The number of nitrogens with one attached hydrogen (secondary N) is 2. The number of pyridine rings is 1. The Balaban J connectivity index is 2.20. The highest BCUT2D eigenvalue weighted by atomic mass is 19.1. The van der Waals surface area contributed by atoms with E-state index in [0.29, 0.717) is 5.82 Å². The first-order valence-corrected chi connectivity index (χ1v) is 5.03. The monoisotopic (exact) mass is 234 g/mol. The normalized spacial score (nSPS) is 10.3. The molecule has 0 saturated heterocycles. The lowest BCUT2D eigenvalue weighted by Gasteiger charge is -2.02. The number of carbonyl (C=O) groups excluding carboxylic acids is 1. The van der Waals surface area contributed by atoms with Crippen LogP contribution in [-0.2, 0) is 0 Å². The zero-order valence-corrected chi connectivity index (χ0v) is 9.41. The van der Waals surface area contributed by atoms with Gasteiger partial charge in [0.05, 0.1) is 0 Å². The summed E-state index contributed by atoms with van der Waals surface area (Å²) < 4.78 is 12.8. The van der Waals surface area contributed by atoms with Crippen molar-refractivity contribution in [1.29, 1.82) is 0 Å². The molecule has 2 N–H and O–H groups in total. The van der Waals surface area contributed by atoms with Gasteiger partial charge in [-0.25, -0.2) is 4.98 Å². The quantitative estimate of drug-likeness (QED) is 0.778. The lowest BCUT2D eigenvalue weighted by molar-refractivity contribution is 0.102. The van der Waals surface area contributed by atoms with Crippen molar-refractivity contribution >= 4 is 11.7 Å². The number of rotatable bonds is 2. The zero-order chi connectivity index (χ0) is 12.4. The first kappa shape index (κ1) is 11.3. The average molecular weight is 234 g/mol. The molecule has 0 aliphatic heterocycles. The van der Waals surface area contributed by atoms with Gasteiger partial charge in [0, 0.05) is 11.3 Å². The van der Waals surface area contributed by atoms with Crippen LogP contribution in [0.2, 0.25) is 0 Å². The number of H-pyrrole nitrogens is 1. The molecule has 1 amide bonds. The number of amides is 1. The van der Waals surface area contributed by atoms with Gasteiger partial charge in [-0.1, -0.05) is 6.07 Å². The number of hydrogen-bond acceptors (Lipinski definition) is 3. The minimum Gasteiger partial charge on any atom is -0.303 e. The van der Waals surface area contributed by atoms with Gasteiger partial charge in [0.25, 0.3) is 5.91 Å². The zero-order valence-electron chi connectivity index (χ0n) is 9.41. The largest absolute Gasteiger partial charge is 0.303 e. The minimum absolute atomic E-state index is 0.0186. The molecule has 0 spiro atoms. The number of hydrogen-bond donors (Lipinski definition) is 2. The molecule has 0 aliphatic rings. The van der Waals surface area contributed by atoms with Crippen molar-refractivity contribution in [2.45, 2.75) is 13.8 Å². The molecule has 0 aromatic carbocycles. The average Bonchev–Trinajstić information content (AvgIpc) is 2.61. The van der Waals surface area contributed by atoms with Gasteiger partial charge in [-0.2, -0.15) is 9.49 Å². The Labute approximate surface area is 97.1 Å². The predicted molar refractivity (Wildman–Crippen MR) is 60.2 cm³/mol. The molecular formula is C11H11FN4O. The van der Waals surface area contributed by atoms with E-state index in [1.54, 1.807) is 0 Å². The summed E-state index contributed by atoms with van der Waals surface area (Å²) >= 11 is 0. The molecule has 0 saturated carbocycles. The molecule has 0 unspecified atom stereocenters. The van der Waals surface area contributed by atoms with E-state index in [1.807, 2.05) is 13.8 Å². The Morgan fingerprint density at radius 2 is 2.18 bits per heavy atom. The summed E-state index contributed by atoms with van der Waals surface area (Å²) in [6.07, 6.45) is 0. The third-order valence-electron chi connectivity index (χ3n) is 2.43. The number of aromatic nitrogens is 3. The van der Waals surface area contributed by atoms with Crippen molar-refractivity contribution in [2.24, 2.45) is 0 Å². The van der Waals surface area contributed by atoms with E-state index < -0.39 is 11.9 Å². The standard InChI is InChI=1S/C11H11FN4O/c1-6-7(2)15-16-10(6)14-11(17)8-4-3-5-9(12)13-8/h3-5H,1-2H3,(H2,14,15,16,17). The van der Waals surface area contributed by atoms with Gasteiger partial charge in [-0.15, -0.1) is 0 Å². The maximum absolute atomic E-state index is 12.8. The number of aryl methyl sites for hydroxylation is 1. The van der Waals surface area contributed by atoms with Crippen molar-refractivity contribution in [1.82, 2.24) is 15.2 Å². The molecule has 2 rings (SSSR count). The van der Waals surface area contributed by atoms with Gasteiger partial charge >= 0.3 is 0 Å². The van der Waals surface area contributed by atoms with Crippen LogP contribution in [0.5, 0.6) is 0 Å². The fourth-order valence-corrected chi connectivity index (χ4v) is 1.31. The Hall–Kier alpha value is -2.24. The molecule has 0 atom stereocenters. The van der Waals surface area contributed by atoms with Crippen molar-refractivity contribution in [2.75, 3.05) is 5.32 Å². The van der Waals surface area contributed by atoms with Crippen LogP contribution < -0.4 is 5.32 Å². The lowest BCUT2D eigenvalue weighted by Crippen LogP contribution is -2.15. The molecule has 0 bridgehead atoms. The van der Waals surface area contributed by atoms with Crippen molar-refractivity contribution in [3.05, 3.63) is 41.1 Å². The molecule has 17 heavy (non-hydrogen) atoms. The molecule has 2 aromatic rings. The van der Waals surface area contributed by atoms with E-state index in [-0.39, 0.29) is 5.69 Å². The van der Waals surface area contributed by atoms with E-state index >= 15 is 0 Å². The van der Waals surface area contributed by atoms with Gasteiger partial charge in [-0.3, -0.25) is 9.89 Å². The second kappa shape index (κ2) is 4.32. The van der Waals surface area contributed by atoms with E-state index in [1.165, 1.54) is 18.2 Å². The Bertz CT molecular complexity index is 564. The van der Waals surface area contributed by atoms with Crippen LogP contribution in [0.25, 0.3) is 0 Å². The molecule has 0 fully saturated rings. The summed E-state index contributed by atoms with van der Waals surface area (Å²) in [5.74, 6) is -0.745. The smallest absolute Gasteiger partial charge is 0.275 e. The van der Waals surface area contributed by atoms with E-state index in [4.69, 9.17) is 0 Å². The lowest BCUT2D eigenvalue weighted by atomic mass is 10.2. The number of anilines is 1. The maximum atomic E-state index is 12.8. The van der Waals surface area contributed by atoms with Gasteiger partial charge in [0.15, 0.2) is 5.82 Å². The molecule has 0 aliphatic carbocycles. The number of nitrogens with zero attached hydrogens (tertiary/aromatic N) is 2. The van der Waals surface area contributed by atoms with Gasteiger partial charge in [0.2, 0.25) is 5.95 Å². The Kier molecular flexibility index (Phi) is 2.86. The fraction of sp³-hybridized carbons (Fsp3) is 0.182. The van der Waals surface area contributed by atoms with Crippen LogP contribution in [0.1, 0.15) is 21.7 Å². The molecule has 2 heterocycles. The first-order chi connectivity index (χ1) is 8.08. The van der Waals surface area contributed by atoms with Crippen LogP contribution in [0, 0.1) is 19.8 Å². The highest BCUT2D eigenvalue weighted by Gasteiger charge is 2.12. The Morgan fingerprint density at radius 1 is 1.41 bits per heavy atom. The van der Waals surface area contributed by atoms with E-state index in [9.17, 15) is 9.18 Å². The van der Waals surface area contributed by atoms with Gasteiger partial charge in [0.1, 0.15) is 5.69 Å². The van der Waals surface area contributed by atoms with Gasteiger partial charge in [-0.05, 0) is 26.0 Å². The molecule has 5 nitrogen and oxygen atoms in total. The van der Waals surface area contributed by atoms with Crippen LogP contribution in [-0.4, -0.2) is 21.1 Å². The van der Waals surface area contributed by atoms with Crippen LogP contribution in [0.3, 0.4) is 0 Å². The van der Waals surface area contributed by atoms with Crippen LogP contribution in [0.4, 0.5) is 10.2 Å². The SMILES string of the molecule is Cc1[nH]nc(NC(=O)c2cccc(F)n2)c1C. The Morgan fingerprint density at radius 3 is 2.76 bits per heavy atom. The minimum atomic E-state index is -0.687. The van der Waals surface area contributed by atoms with Crippen molar-refractivity contribution in [3.63, 3.8) is 0 Å². The summed E-state index contributed by atoms with van der Waals surface area (Å²) in [6.45, 7) is 3.67. The number of halogens is 1. The first-order valence-electron chi connectivity index (χ1n) is 5.03. The molecule has 2 aromatic heterocycles. The third kappa shape index (κ3) is 2.30. The van der Waals surface area contributed by atoms with E-state index in [0.717, 1.165) is 11.3 Å². The van der Waals surface area contributed by atoms with Crippen LogP contribution >= 0.6 is 0 Å².